The van der Waals surface area contributed by atoms with Gasteiger partial charge in [-0.05, 0) is 64.8 Å². The molecule has 1 aromatic heterocycles. The number of nitrogens with zero attached hydrogens (tertiary/aromatic N) is 1. The molecule has 0 unspecified atom stereocenters. The van der Waals surface area contributed by atoms with Crippen LogP contribution in [0.2, 0.25) is 0 Å². The Morgan fingerprint density at radius 3 is 2.70 bits per heavy atom. The van der Waals surface area contributed by atoms with Gasteiger partial charge in [0, 0.05) is 23.0 Å². The van der Waals surface area contributed by atoms with Crippen molar-refractivity contribution in [2.45, 2.75) is 13.3 Å². The van der Waals surface area contributed by atoms with Gasteiger partial charge in [-0.2, -0.15) is 0 Å². The van der Waals surface area contributed by atoms with E-state index >= 15 is 0 Å². The fourth-order valence-corrected chi connectivity index (χ4v) is 3.07. The number of oxazole rings is 1. The fourth-order valence-electron chi connectivity index (χ4n) is 2.48. The minimum absolute atomic E-state index is 0.265. The predicted octanol–water partition coefficient (Wildman–Crippen LogP) is 4.79. The molecule has 7 heteroatoms. The number of ether oxygens (including phenoxy) is 1. The molecule has 0 bridgehead atoms. The van der Waals surface area contributed by atoms with Gasteiger partial charge in [0.2, 0.25) is 5.89 Å². The van der Waals surface area contributed by atoms with Crippen molar-refractivity contribution in [1.29, 1.82) is 0 Å². The molecule has 0 saturated heterocycles. The van der Waals surface area contributed by atoms with Crippen LogP contribution in [0.4, 0.5) is 10.5 Å². The van der Waals surface area contributed by atoms with Crippen molar-refractivity contribution in [3.05, 3.63) is 64.5 Å². The summed E-state index contributed by atoms with van der Waals surface area (Å²) < 4.78 is 11.5. The van der Waals surface area contributed by atoms with Crippen LogP contribution in [0, 0.1) is 6.92 Å². The number of urea groups is 1. The number of aryl methyl sites for hydroxylation is 1. The molecule has 0 saturated carbocycles. The second-order valence-electron chi connectivity index (χ2n) is 5.99. The molecule has 6 nitrogen and oxygen atoms in total. The van der Waals surface area contributed by atoms with Gasteiger partial charge in [0.25, 0.3) is 0 Å². The van der Waals surface area contributed by atoms with E-state index in [9.17, 15) is 4.79 Å². The van der Waals surface area contributed by atoms with Gasteiger partial charge in [-0.3, -0.25) is 0 Å². The lowest BCUT2D eigenvalue weighted by Crippen LogP contribution is -2.30. The Hall–Kier alpha value is -2.80. The molecule has 3 rings (SSSR count). The van der Waals surface area contributed by atoms with Crippen LogP contribution >= 0.6 is 15.9 Å². The number of halogens is 1. The number of carbonyl (C=O) groups is 1. The average Bonchev–Trinajstić information content (AvgIpc) is 3.13. The number of benzene rings is 2. The molecule has 0 aliphatic heterocycles. The summed E-state index contributed by atoms with van der Waals surface area (Å²) in [5.74, 6) is 1.32. The lowest BCUT2D eigenvalue weighted by atomic mass is 10.2. The third-order valence-electron chi connectivity index (χ3n) is 3.93. The number of amides is 2. The van der Waals surface area contributed by atoms with Gasteiger partial charge in [-0.1, -0.05) is 6.07 Å². The molecule has 2 aromatic carbocycles. The van der Waals surface area contributed by atoms with Crippen LogP contribution in [0.1, 0.15) is 11.3 Å². The van der Waals surface area contributed by atoms with Crippen molar-refractivity contribution in [3.8, 4) is 17.2 Å². The summed E-state index contributed by atoms with van der Waals surface area (Å²) in [5.41, 5.74) is 3.49. The zero-order valence-electron chi connectivity index (χ0n) is 15.1. The van der Waals surface area contributed by atoms with E-state index in [1.807, 2.05) is 49.4 Å². The number of hydrogen-bond acceptors (Lipinski definition) is 4. The third-order valence-corrected chi connectivity index (χ3v) is 4.58. The van der Waals surface area contributed by atoms with Crippen LogP contribution in [0.5, 0.6) is 5.75 Å². The molecule has 27 heavy (non-hydrogen) atoms. The van der Waals surface area contributed by atoms with Gasteiger partial charge in [-0.25, -0.2) is 9.78 Å². The van der Waals surface area contributed by atoms with Crippen molar-refractivity contribution in [3.63, 3.8) is 0 Å². The standard InChI is InChI=1S/C20H20BrN3O3/c1-13-3-8-18(17(21)11-13)24-20(25)22-10-9-15-12-27-19(23-15)14-4-6-16(26-2)7-5-14/h3-8,11-12H,9-10H2,1-2H3,(H2,22,24,25). The average molecular weight is 430 g/mol. The molecule has 0 aliphatic rings. The van der Waals surface area contributed by atoms with E-state index in [0.717, 1.165) is 32.7 Å². The summed E-state index contributed by atoms with van der Waals surface area (Å²) in [7, 11) is 1.62. The molecule has 0 spiro atoms. The molecule has 0 atom stereocenters. The highest BCUT2D eigenvalue weighted by atomic mass is 79.9. The summed E-state index contributed by atoms with van der Waals surface area (Å²) in [6.07, 6.45) is 2.18. The van der Waals surface area contributed by atoms with Crippen LogP contribution in [0.25, 0.3) is 11.5 Å². The molecule has 1 heterocycles. The Balaban J connectivity index is 1.50. The number of nitrogens with one attached hydrogen (secondary N) is 2. The molecular formula is C20H20BrN3O3. The first kappa shape index (κ1) is 19.0. The number of anilines is 1. The highest BCUT2D eigenvalue weighted by Crippen LogP contribution is 2.23. The summed E-state index contributed by atoms with van der Waals surface area (Å²) in [5, 5.41) is 5.63. The Morgan fingerprint density at radius 1 is 1.22 bits per heavy atom. The van der Waals surface area contributed by atoms with Crippen LogP contribution in [0.15, 0.2) is 57.6 Å². The molecule has 140 valence electrons. The minimum Gasteiger partial charge on any atom is -0.497 e. The quantitative estimate of drug-likeness (QED) is 0.590. The molecular weight excluding hydrogens is 410 g/mol. The summed E-state index contributed by atoms with van der Waals surface area (Å²) in [6, 6.07) is 13.0. The SMILES string of the molecule is COc1ccc(-c2nc(CCNC(=O)Nc3ccc(C)cc3Br)co2)cc1. The minimum atomic E-state index is -0.265. The molecule has 0 fully saturated rings. The van der Waals surface area contributed by atoms with Crippen LogP contribution in [-0.2, 0) is 6.42 Å². The van der Waals surface area contributed by atoms with E-state index in [-0.39, 0.29) is 6.03 Å². The number of methoxy groups -OCH3 is 1. The van der Waals surface area contributed by atoms with Gasteiger partial charge in [0.15, 0.2) is 0 Å². The molecule has 2 N–H and O–H groups in total. The highest BCUT2D eigenvalue weighted by Gasteiger charge is 2.09. The topological polar surface area (TPSA) is 76.4 Å². The van der Waals surface area contributed by atoms with Gasteiger partial charge in [-0.15, -0.1) is 0 Å². The highest BCUT2D eigenvalue weighted by molar-refractivity contribution is 9.10. The molecule has 2 amide bonds. The van der Waals surface area contributed by atoms with Crippen molar-refractivity contribution in [2.24, 2.45) is 0 Å². The Kier molecular flexibility index (Phi) is 6.13. The smallest absolute Gasteiger partial charge is 0.319 e. The monoisotopic (exact) mass is 429 g/mol. The zero-order valence-corrected chi connectivity index (χ0v) is 16.7. The van der Waals surface area contributed by atoms with E-state index < -0.39 is 0 Å². The molecule has 0 aliphatic carbocycles. The van der Waals surface area contributed by atoms with Crippen molar-refractivity contribution >= 4 is 27.6 Å². The van der Waals surface area contributed by atoms with Gasteiger partial charge in [0.05, 0.1) is 18.5 Å². The lowest BCUT2D eigenvalue weighted by molar-refractivity contribution is 0.252. The van der Waals surface area contributed by atoms with Crippen molar-refractivity contribution < 1.29 is 13.9 Å². The van der Waals surface area contributed by atoms with Crippen molar-refractivity contribution in [2.75, 3.05) is 19.0 Å². The number of hydrogen-bond donors (Lipinski definition) is 2. The number of carbonyl (C=O) groups excluding carboxylic acids is 1. The Labute approximate surface area is 166 Å². The second-order valence-corrected chi connectivity index (χ2v) is 6.84. The van der Waals surface area contributed by atoms with Gasteiger partial charge >= 0.3 is 6.03 Å². The molecule has 0 radical (unpaired) electrons. The Morgan fingerprint density at radius 2 is 2.00 bits per heavy atom. The van der Waals surface area contributed by atoms with Gasteiger partial charge in [0.1, 0.15) is 12.0 Å². The van der Waals surface area contributed by atoms with Crippen molar-refractivity contribution in [1.82, 2.24) is 10.3 Å². The summed E-state index contributed by atoms with van der Waals surface area (Å²) >= 11 is 3.44. The van der Waals surface area contributed by atoms with Crippen LogP contribution < -0.4 is 15.4 Å². The van der Waals surface area contributed by atoms with Gasteiger partial charge < -0.3 is 19.8 Å². The number of rotatable bonds is 6. The van der Waals surface area contributed by atoms with E-state index in [0.29, 0.717) is 18.9 Å². The first-order valence-electron chi connectivity index (χ1n) is 8.45. The maximum atomic E-state index is 12.0. The molecule has 3 aromatic rings. The second kappa shape index (κ2) is 8.73. The predicted molar refractivity (Wildman–Crippen MR) is 108 cm³/mol. The van der Waals surface area contributed by atoms with E-state index in [1.54, 1.807) is 13.4 Å². The van der Waals surface area contributed by atoms with E-state index in [2.05, 4.69) is 31.5 Å². The first-order valence-corrected chi connectivity index (χ1v) is 9.24. The summed E-state index contributed by atoms with van der Waals surface area (Å²) in [4.78, 5) is 16.5. The summed E-state index contributed by atoms with van der Waals surface area (Å²) in [6.45, 7) is 2.44. The fraction of sp³-hybridized carbons (Fsp3) is 0.200. The maximum Gasteiger partial charge on any atom is 0.319 e. The van der Waals surface area contributed by atoms with E-state index in [1.165, 1.54) is 0 Å². The van der Waals surface area contributed by atoms with E-state index in [4.69, 9.17) is 9.15 Å². The largest absolute Gasteiger partial charge is 0.497 e. The Bertz CT molecular complexity index is 922. The maximum absolute atomic E-state index is 12.0. The van der Waals surface area contributed by atoms with Crippen LogP contribution in [-0.4, -0.2) is 24.7 Å². The lowest BCUT2D eigenvalue weighted by Gasteiger charge is -2.09. The third kappa shape index (κ3) is 5.10. The number of aromatic nitrogens is 1. The van der Waals surface area contributed by atoms with Crippen LogP contribution in [0.3, 0.4) is 0 Å². The normalized spacial score (nSPS) is 10.5. The first-order chi connectivity index (χ1) is 13.0. The zero-order chi connectivity index (χ0) is 19.2.